The lowest BCUT2D eigenvalue weighted by molar-refractivity contribution is 0.394. The minimum atomic E-state index is 0.611. The number of nitriles is 1. The Balaban J connectivity index is 1.68. The van der Waals surface area contributed by atoms with Crippen molar-refractivity contribution in [3.63, 3.8) is 0 Å². The van der Waals surface area contributed by atoms with Crippen molar-refractivity contribution in [3.05, 3.63) is 35.9 Å². The monoisotopic (exact) mass is 263 g/mol. The summed E-state index contributed by atoms with van der Waals surface area (Å²) in [6.45, 7) is 2.29. The van der Waals surface area contributed by atoms with Crippen molar-refractivity contribution in [3.8, 4) is 6.07 Å². The maximum Gasteiger partial charge on any atom is 0.129 e. The number of hydrogen-bond acceptors (Lipinski definition) is 3. The fraction of sp³-hybridized carbons (Fsp3) is 0.412. The van der Waals surface area contributed by atoms with Crippen LogP contribution in [0.15, 0.2) is 30.3 Å². The molecule has 2 aliphatic rings. The first-order chi connectivity index (χ1) is 9.78. The van der Waals surface area contributed by atoms with Crippen LogP contribution in [-0.4, -0.2) is 18.1 Å². The van der Waals surface area contributed by atoms with Crippen molar-refractivity contribution in [1.82, 2.24) is 4.98 Å². The van der Waals surface area contributed by atoms with Crippen molar-refractivity contribution < 1.29 is 0 Å². The first-order valence-corrected chi connectivity index (χ1v) is 7.34. The fourth-order valence-electron chi connectivity index (χ4n) is 3.35. The summed E-state index contributed by atoms with van der Waals surface area (Å²) >= 11 is 0. The predicted octanol–water partition coefficient (Wildman–Crippen LogP) is 3.49. The topological polar surface area (TPSA) is 39.9 Å². The summed E-state index contributed by atoms with van der Waals surface area (Å²) in [6, 6.07) is 12.1. The van der Waals surface area contributed by atoms with Gasteiger partial charge in [0, 0.05) is 18.5 Å². The van der Waals surface area contributed by atoms with E-state index in [4.69, 9.17) is 10.2 Å². The first-order valence-electron chi connectivity index (χ1n) is 7.34. The van der Waals surface area contributed by atoms with Gasteiger partial charge in [0.25, 0.3) is 0 Å². The molecule has 0 unspecified atom stereocenters. The van der Waals surface area contributed by atoms with Crippen LogP contribution in [-0.2, 0) is 0 Å². The average Bonchev–Trinajstić information content (AvgIpc) is 3.25. The number of pyridine rings is 1. The van der Waals surface area contributed by atoms with Crippen molar-refractivity contribution in [2.45, 2.75) is 25.7 Å². The largest absolute Gasteiger partial charge is 0.356 e. The molecule has 20 heavy (non-hydrogen) atoms. The van der Waals surface area contributed by atoms with E-state index in [1.165, 1.54) is 32.2 Å². The van der Waals surface area contributed by atoms with E-state index in [0.29, 0.717) is 11.0 Å². The summed E-state index contributed by atoms with van der Waals surface area (Å²) in [5, 5.41) is 9.99. The van der Waals surface area contributed by atoms with Crippen molar-refractivity contribution >= 4 is 16.7 Å². The van der Waals surface area contributed by atoms with E-state index in [0.717, 1.165) is 23.3 Å². The summed E-state index contributed by atoms with van der Waals surface area (Å²) in [7, 11) is 0. The molecule has 1 aliphatic heterocycles. The second-order valence-electron chi connectivity index (χ2n) is 6.21. The van der Waals surface area contributed by atoms with Gasteiger partial charge in [-0.3, -0.25) is 0 Å². The molecule has 3 heteroatoms. The van der Waals surface area contributed by atoms with Gasteiger partial charge in [-0.15, -0.1) is 0 Å². The second-order valence-corrected chi connectivity index (χ2v) is 6.21. The summed E-state index contributed by atoms with van der Waals surface area (Å²) in [5.41, 5.74) is 2.29. The number of anilines is 1. The molecular formula is C17H17N3. The number of nitrogens with zero attached hydrogens (tertiary/aromatic N) is 3. The maximum absolute atomic E-state index is 8.94. The zero-order valence-electron chi connectivity index (χ0n) is 11.5. The Labute approximate surface area is 118 Å². The zero-order chi connectivity index (χ0) is 13.6. The second kappa shape index (κ2) is 4.21. The third-order valence-corrected chi connectivity index (χ3v) is 4.75. The molecule has 0 atom stereocenters. The van der Waals surface area contributed by atoms with Gasteiger partial charge < -0.3 is 4.90 Å². The van der Waals surface area contributed by atoms with Gasteiger partial charge in [-0.1, -0.05) is 0 Å². The Hall–Kier alpha value is -2.08. The van der Waals surface area contributed by atoms with E-state index < -0.39 is 0 Å². The lowest BCUT2D eigenvalue weighted by atomic mass is 9.95. The molecule has 100 valence electrons. The number of hydrogen-bond donors (Lipinski definition) is 0. The summed E-state index contributed by atoms with van der Waals surface area (Å²) in [4.78, 5) is 7.22. The smallest absolute Gasteiger partial charge is 0.129 e. The molecule has 2 aromatic rings. The molecule has 1 aromatic heterocycles. The van der Waals surface area contributed by atoms with Crippen LogP contribution in [0.4, 0.5) is 5.82 Å². The highest BCUT2D eigenvalue weighted by molar-refractivity contribution is 5.81. The predicted molar refractivity (Wildman–Crippen MR) is 79.6 cm³/mol. The molecule has 1 saturated carbocycles. The van der Waals surface area contributed by atoms with Gasteiger partial charge in [-0.05, 0) is 61.4 Å². The molecule has 1 spiro atoms. The number of aromatic nitrogens is 1. The third kappa shape index (κ3) is 1.92. The van der Waals surface area contributed by atoms with Gasteiger partial charge in [-0.25, -0.2) is 4.98 Å². The molecule has 1 aromatic carbocycles. The molecule has 1 saturated heterocycles. The number of benzene rings is 1. The summed E-state index contributed by atoms with van der Waals surface area (Å²) in [6.07, 6.45) is 5.46. The van der Waals surface area contributed by atoms with E-state index in [1.807, 2.05) is 18.2 Å². The molecule has 1 aliphatic carbocycles. The van der Waals surface area contributed by atoms with Crippen LogP contribution >= 0.6 is 0 Å². The van der Waals surface area contributed by atoms with Gasteiger partial charge in [-0.2, -0.15) is 5.26 Å². The van der Waals surface area contributed by atoms with Crippen LogP contribution in [0.1, 0.15) is 31.2 Å². The number of fused-ring (bicyclic) bond motifs is 1. The Morgan fingerprint density at radius 2 is 2.05 bits per heavy atom. The standard InChI is InChI=1S/C17H17N3/c18-11-13-2-4-15-14(10-13)3-5-16(19-15)20-9-1-6-17(12-20)7-8-17/h2-5,10H,1,6-9,12H2. The highest BCUT2D eigenvalue weighted by Gasteiger charge is 2.45. The third-order valence-electron chi connectivity index (χ3n) is 4.75. The molecule has 0 amide bonds. The fourth-order valence-corrected chi connectivity index (χ4v) is 3.35. The first kappa shape index (κ1) is 11.7. The Morgan fingerprint density at radius 3 is 2.85 bits per heavy atom. The van der Waals surface area contributed by atoms with Crippen molar-refractivity contribution in [2.24, 2.45) is 5.41 Å². The molecule has 2 fully saturated rings. The minimum absolute atomic E-state index is 0.611. The van der Waals surface area contributed by atoms with Crippen molar-refractivity contribution in [2.75, 3.05) is 18.0 Å². The molecule has 4 rings (SSSR count). The van der Waals surface area contributed by atoms with Crippen LogP contribution in [0.25, 0.3) is 10.9 Å². The molecular weight excluding hydrogens is 246 g/mol. The van der Waals surface area contributed by atoms with Crippen LogP contribution in [0.2, 0.25) is 0 Å². The van der Waals surface area contributed by atoms with Crippen LogP contribution in [0.3, 0.4) is 0 Å². The lowest BCUT2D eigenvalue weighted by Crippen LogP contribution is -2.36. The van der Waals surface area contributed by atoms with Crippen LogP contribution in [0, 0.1) is 16.7 Å². The molecule has 0 bridgehead atoms. The Kier molecular flexibility index (Phi) is 2.47. The average molecular weight is 263 g/mol. The highest BCUT2D eigenvalue weighted by atomic mass is 15.2. The van der Waals surface area contributed by atoms with Crippen LogP contribution in [0.5, 0.6) is 0 Å². The molecule has 0 radical (unpaired) electrons. The molecule has 3 nitrogen and oxygen atoms in total. The van der Waals surface area contributed by atoms with Gasteiger partial charge in [0.2, 0.25) is 0 Å². The van der Waals surface area contributed by atoms with E-state index in [-0.39, 0.29) is 0 Å². The quantitative estimate of drug-likeness (QED) is 0.790. The number of piperidine rings is 1. The van der Waals surface area contributed by atoms with Crippen molar-refractivity contribution in [1.29, 1.82) is 5.26 Å². The normalized spacial score (nSPS) is 20.1. The van der Waals surface area contributed by atoms with E-state index in [2.05, 4.69) is 23.1 Å². The Bertz CT molecular complexity index is 710. The minimum Gasteiger partial charge on any atom is -0.356 e. The van der Waals surface area contributed by atoms with E-state index in [1.54, 1.807) is 0 Å². The SMILES string of the molecule is N#Cc1ccc2nc(N3CCCC4(CC4)C3)ccc2c1. The summed E-state index contributed by atoms with van der Waals surface area (Å²) < 4.78 is 0. The maximum atomic E-state index is 8.94. The van der Waals surface area contributed by atoms with Gasteiger partial charge in [0.15, 0.2) is 0 Å². The van der Waals surface area contributed by atoms with Gasteiger partial charge >= 0.3 is 0 Å². The van der Waals surface area contributed by atoms with Crippen LogP contribution < -0.4 is 4.90 Å². The summed E-state index contributed by atoms with van der Waals surface area (Å²) in [5.74, 6) is 1.09. The Morgan fingerprint density at radius 1 is 1.15 bits per heavy atom. The zero-order valence-corrected chi connectivity index (χ0v) is 11.5. The van der Waals surface area contributed by atoms with E-state index >= 15 is 0 Å². The molecule has 0 N–H and O–H groups in total. The lowest BCUT2D eigenvalue weighted by Gasteiger charge is -2.34. The number of rotatable bonds is 1. The van der Waals surface area contributed by atoms with Gasteiger partial charge in [0.05, 0.1) is 17.1 Å². The van der Waals surface area contributed by atoms with Gasteiger partial charge in [0.1, 0.15) is 5.82 Å². The highest BCUT2D eigenvalue weighted by Crippen LogP contribution is 2.52. The molecule has 2 heterocycles. The van der Waals surface area contributed by atoms with E-state index in [9.17, 15) is 0 Å².